The summed E-state index contributed by atoms with van der Waals surface area (Å²) in [6.07, 6.45) is 0.296. The van der Waals surface area contributed by atoms with E-state index in [0.29, 0.717) is 17.9 Å². The fourth-order valence-corrected chi connectivity index (χ4v) is 1.79. The molecule has 0 radical (unpaired) electrons. The molecule has 0 aromatic heterocycles. The molecule has 1 saturated heterocycles. The number of imide groups is 1. The number of hydrogen-bond acceptors (Lipinski definition) is 3. The van der Waals surface area contributed by atoms with Gasteiger partial charge in [-0.25, -0.2) is 0 Å². The Hall–Kier alpha value is -1.84. The van der Waals surface area contributed by atoms with Crippen LogP contribution in [-0.2, 0) is 9.59 Å². The van der Waals surface area contributed by atoms with Crippen molar-refractivity contribution in [2.75, 3.05) is 12.0 Å². The molecule has 0 spiro atoms. The Morgan fingerprint density at radius 3 is 2.31 bits per heavy atom. The summed E-state index contributed by atoms with van der Waals surface area (Å²) in [5.41, 5.74) is 0.611. The first kappa shape index (κ1) is 10.7. The SMILES string of the molecule is COc1ccc(N2C(=O)CC(C)C2=O)cc1. The maximum absolute atomic E-state index is 11.7. The van der Waals surface area contributed by atoms with Crippen molar-refractivity contribution in [1.29, 1.82) is 0 Å². The molecule has 1 aliphatic rings. The number of carbonyl (C=O) groups is 2. The molecule has 0 N–H and O–H groups in total. The first-order valence-electron chi connectivity index (χ1n) is 5.14. The largest absolute Gasteiger partial charge is 0.497 e. The number of benzene rings is 1. The summed E-state index contributed by atoms with van der Waals surface area (Å²) in [5, 5.41) is 0. The lowest BCUT2D eigenvalue weighted by atomic mass is 10.1. The van der Waals surface area contributed by atoms with E-state index in [1.165, 1.54) is 4.90 Å². The van der Waals surface area contributed by atoms with E-state index in [2.05, 4.69) is 0 Å². The highest BCUT2D eigenvalue weighted by atomic mass is 16.5. The lowest BCUT2D eigenvalue weighted by molar-refractivity contribution is -0.122. The van der Waals surface area contributed by atoms with E-state index in [4.69, 9.17) is 4.74 Å². The van der Waals surface area contributed by atoms with Gasteiger partial charge in [-0.05, 0) is 24.3 Å². The van der Waals surface area contributed by atoms with Crippen molar-refractivity contribution in [1.82, 2.24) is 0 Å². The maximum Gasteiger partial charge on any atom is 0.237 e. The molecular formula is C12H13NO3. The molecule has 1 unspecified atom stereocenters. The van der Waals surface area contributed by atoms with Crippen LogP contribution in [0.15, 0.2) is 24.3 Å². The van der Waals surface area contributed by atoms with E-state index < -0.39 is 0 Å². The molecule has 0 bridgehead atoms. The predicted molar refractivity (Wildman–Crippen MR) is 59.3 cm³/mol. The Balaban J connectivity index is 2.30. The molecule has 2 amide bonds. The molecule has 1 aromatic rings. The topological polar surface area (TPSA) is 46.6 Å². The van der Waals surface area contributed by atoms with Crippen molar-refractivity contribution in [2.45, 2.75) is 13.3 Å². The van der Waals surface area contributed by atoms with Crippen molar-refractivity contribution in [3.8, 4) is 5.75 Å². The second kappa shape index (κ2) is 3.96. The van der Waals surface area contributed by atoms with Crippen molar-refractivity contribution in [2.24, 2.45) is 5.92 Å². The fourth-order valence-electron chi connectivity index (χ4n) is 1.79. The number of nitrogens with zero attached hydrogens (tertiary/aromatic N) is 1. The standard InChI is InChI=1S/C12H13NO3/c1-8-7-11(14)13(12(8)15)9-3-5-10(16-2)6-4-9/h3-6,8H,7H2,1-2H3. The number of methoxy groups -OCH3 is 1. The minimum Gasteiger partial charge on any atom is -0.497 e. The van der Waals surface area contributed by atoms with Gasteiger partial charge >= 0.3 is 0 Å². The van der Waals surface area contributed by atoms with Gasteiger partial charge in [0.1, 0.15) is 5.75 Å². The van der Waals surface area contributed by atoms with E-state index in [0.717, 1.165) is 0 Å². The van der Waals surface area contributed by atoms with Gasteiger partial charge in [-0.3, -0.25) is 14.5 Å². The Morgan fingerprint density at radius 1 is 1.25 bits per heavy atom. The zero-order chi connectivity index (χ0) is 11.7. The summed E-state index contributed by atoms with van der Waals surface area (Å²) < 4.78 is 5.02. The second-order valence-corrected chi connectivity index (χ2v) is 3.87. The molecule has 1 fully saturated rings. The average Bonchev–Trinajstić information content (AvgIpc) is 2.54. The van der Waals surface area contributed by atoms with Gasteiger partial charge in [-0.2, -0.15) is 0 Å². The van der Waals surface area contributed by atoms with E-state index >= 15 is 0 Å². The number of carbonyl (C=O) groups excluding carboxylic acids is 2. The number of ether oxygens (including phenoxy) is 1. The fraction of sp³-hybridized carbons (Fsp3) is 0.333. The molecule has 1 aliphatic heterocycles. The zero-order valence-corrected chi connectivity index (χ0v) is 9.27. The molecule has 84 valence electrons. The van der Waals surface area contributed by atoms with E-state index in [1.54, 1.807) is 38.3 Å². The van der Waals surface area contributed by atoms with Crippen molar-refractivity contribution >= 4 is 17.5 Å². The molecule has 0 aliphatic carbocycles. The van der Waals surface area contributed by atoms with Crippen molar-refractivity contribution < 1.29 is 14.3 Å². The van der Waals surface area contributed by atoms with Gasteiger partial charge in [0.25, 0.3) is 0 Å². The summed E-state index contributed by atoms with van der Waals surface area (Å²) >= 11 is 0. The van der Waals surface area contributed by atoms with E-state index in [9.17, 15) is 9.59 Å². The van der Waals surface area contributed by atoms with Crippen LogP contribution in [0.2, 0.25) is 0 Å². The van der Waals surface area contributed by atoms with E-state index in [-0.39, 0.29) is 17.7 Å². The molecule has 2 rings (SSSR count). The lowest BCUT2D eigenvalue weighted by Crippen LogP contribution is -2.29. The summed E-state index contributed by atoms with van der Waals surface area (Å²) in [7, 11) is 1.57. The number of anilines is 1. The first-order chi connectivity index (χ1) is 7.63. The van der Waals surface area contributed by atoms with Gasteiger partial charge < -0.3 is 4.74 Å². The highest BCUT2D eigenvalue weighted by Gasteiger charge is 2.36. The molecule has 1 aromatic carbocycles. The van der Waals surface area contributed by atoms with Gasteiger partial charge in [0.05, 0.1) is 12.8 Å². The summed E-state index contributed by atoms with van der Waals surface area (Å²) in [4.78, 5) is 24.6. The molecule has 0 saturated carbocycles. The Bertz CT molecular complexity index is 424. The Labute approximate surface area is 93.8 Å². The number of rotatable bonds is 2. The van der Waals surface area contributed by atoms with Crippen LogP contribution in [-0.4, -0.2) is 18.9 Å². The van der Waals surface area contributed by atoms with Gasteiger partial charge in [0, 0.05) is 12.3 Å². The third kappa shape index (κ3) is 1.66. The van der Waals surface area contributed by atoms with Gasteiger partial charge in [0.2, 0.25) is 11.8 Å². The Morgan fingerprint density at radius 2 is 1.88 bits per heavy atom. The van der Waals surface area contributed by atoms with Crippen LogP contribution in [0.25, 0.3) is 0 Å². The molecule has 16 heavy (non-hydrogen) atoms. The zero-order valence-electron chi connectivity index (χ0n) is 9.27. The number of amides is 2. The van der Waals surface area contributed by atoms with Crippen LogP contribution in [0, 0.1) is 5.92 Å². The highest BCUT2D eigenvalue weighted by molar-refractivity contribution is 6.20. The van der Waals surface area contributed by atoms with Crippen LogP contribution in [0.4, 0.5) is 5.69 Å². The molecule has 1 atom stereocenters. The second-order valence-electron chi connectivity index (χ2n) is 3.87. The highest BCUT2D eigenvalue weighted by Crippen LogP contribution is 2.27. The van der Waals surface area contributed by atoms with Crippen LogP contribution < -0.4 is 9.64 Å². The smallest absolute Gasteiger partial charge is 0.237 e. The third-order valence-corrected chi connectivity index (χ3v) is 2.70. The Kier molecular flexibility index (Phi) is 2.64. The van der Waals surface area contributed by atoms with Crippen molar-refractivity contribution in [3.63, 3.8) is 0 Å². The minimum absolute atomic E-state index is 0.129. The van der Waals surface area contributed by atoms with Crippen LogP contribution in [0.3, 0.4) is 0 Å². The quantitative estimate of drug-likeness (QED) is 0.710. The summed E-state index contributed by atoms with van der Waals surface area (Å²) in [6.45, 7) is 1.77. The maximum atomic E-state index is 11.7. The molecular weight excluding hydrogens is 206 g/mol. The third-order valence-electron chi connectivity index (χ3n) is 2.70. The van der Waals surface area contributed by atoms with Gasteiger partial charge in [0.15, 0.2) is 0 Å². The monoisotopic (exact) mass is 219 g/mol. The van der Waals surface area contributed by atoms with Crippen LogP contribution >= 0.6 is 0 Å². The number of hydrogen-bond donors (Lipinski definition) is 0. The molecule has 4 heteroatoms. The van der Waals surface area contributed by atoms with Crippen molar-refractivity contribution in [3.05, 3.63) is 24.3 Å². The van der Waals surface area contributed by atoms with Crippen LogP contribution in [0.1, 0.15) is 13.3 Å². The molecule has 1 heterocycles. The summed E-state index contributed by atoms with van der Waals surface area (Å²) in [5.74, 6) is 0.225. The minimum atomic E-state index is -0.213. The average molecular weight is 219 g/mol. The predicted octanol–water partition coefficient (Wildman–Crippen LogP) is 1.59. The lowest BCUT2D eigenvalue weighted by Gasteiger charge is -2.14. The molecule has 4 nitrogen and oxygen atoms in total. The summed E-state index contributed by atoms with van der Waals surface area (Å²) in [6, 6.07) is 6.90. The van der Waals surface area contributed by atoms with Gasteiger partial charge in [-0.1, -0.05) is 6.92 Å². The van der Waals surface area contributed by atoms with E-state index in [1.807, 2.05) is 0 Å². The first-order valence-corrected chi connectivity index (χ1v) is 5.14. The van der Waals surface area contributed by atoms with Crippen LogP contribution in [0.5, 0.6) is 5.75 Å². The van der Waals surface area contributed by atoms with Gasteiger partial charge in [-0.15, -0.1) is 0 Å². The normalized spacial score (nSPS) is 20.4.